The molecule has 0 saturated carbocycles. The SMILES string of the molecule is CCOC(=O)CCN1CCCN(C)CCN(C)CCCN(C)CC1. The van der Waals surface area contributed by atoms with Crippen LogP contribution in [0.3, 0.4) is 0 Å². The van der Waals surface area contributed by atoms with E-state index in [2.05, 4.69) is 40.7 Å². The van der Waals surface area contributed by atoms with Crippen molar-refractivity contribution in [1.29, 1.82) is 0 Å². The van der Waals surface area contributed by atoms with Gasteiger partial charge in [0.2, 0.25) is 0 Å². The third-order valence-electron chi connectivity index (χ3n) is 4.69. The van der Waals surface area contributed by atoms with Gasteiger partial charge in [-0.1, -0.05) is 0 Å². The Labute approximate surface area is 148 Å². The lowest BCUT2D eigenvalue weighted by Crippen LogP contribution is -2.39. The van der Waals surface area contributed by atoms with Crippen LogP contribution >= 0.6 is 0 Å². The number of esters is 1. The molecule has 0 amide bonds. The first kappa shape index (κ1) is 21.4. The average molecular weight is 343 g/mol. The molecule has 142 valence electrons. The van der Waals surface area contributed by atoms with E-state index >= 15 is 0 Å². The standard InChI is InChI=1S/C18H38N4O2/c1-5-24-18(23)8-13-22-12-7-11-20(3)15-14-19(2)9-6-10-21(4)16-17-22/h5-17H2,1-4H3. The maximum atomic E-state index is 11.6. The van der Waals surface area contributed by atoms with Gasteiger partial charge < -0.3 is 24.3 Å². The highest BCUT2D eigenvalue weighted by molar-refractivity contribution is 5.69. The number of rotatable bonds is 4. The first-order valence-corrected chi connectivity index (χ1v) is 9.45. The van der Waals surface area contributed by atoms with Crippen LogP contribution in [0.15, 0.2) is 0 Å². The van der Waals surface area contributed by atoms with Gasteiger partial charge >= 0.3 is 5.97 Å². The van der Waals surface area contributed by atoms with E-state index in [0.29, 0.717) is 13.0 Å². The number of hydrogen-bond donors (Lipinski definition) is 0. The highest BCUT2D eigenvalue weighted by atomic mass is 16.5. The van der Waals surface area contributed by atoms with Crippen LogP contribution in [0, 0.1) is 0 Å². The summed E-state index contributed by atoms with van der Waals surface area (Å²) >= 11 is 0. The van der Waals surface area contributed by atoms with E-state index in [1.54, 1.807) is 0 Å². The summed E-state index contributed by atoms with van der Waals surface area (Å²) in [5.74, 6) is -0.0783. The Balaban J connectivity index is 2.47. The second-order valence-corrected chi connectivity index (χ2v) is 7.01. The van der Waals surface area contributed by atoms with E-state index in [9.17, 15) is 4.79 Å². The Hall–Kier alpha value is -0.690. The molecule has 0 aromatic carbocycles. The van der Waals surface area contributed by atoms with Crippen molar-refractivity contribution >= 4 is 5.97 Å². The molecule has 0 atom stereocenters. The van der Waals surface area contributed by atoms with Crippen molar-refractivity contribution in [2.24, 2.45) is 0 Å². The minimum absolute atomic E-state index is 0.0783. The van der Waals surface area contributed by atoms with E-state index in [-0.39, 0.29) is 5.97 Å². The number of likely N-dealkylation sites (N-methyl/N-ethyl adjacent to an activating group) is 3. The van der Waals surface area contributed by atoms with Gasteiger partial charge in [-0.05, 0) is 67.1 Å². The first-order chi connectivity index (χ1) is 11.5. The maximum absolute atomic E-state index is 11.6. The molecule has 1 aliphatic heterocycles. The van der Waals surface area contributed by atoms with Gasteiger partial charge in [0.05, 0.1) is 13.0 Å². The van der Waals surface area contributed by atoms with Crippen molar-refractivity contribution in [3.63, 3.8) is 0 Å². The number of nitrogens with zero attached hydrogens (tertiary/aromatic N) is 4. The lowest BCUT2D eigenvalue weighted by molar-refractivity contribution is -0.143. The zero-order valence-electron chi connectivity index (χ0n) is 16.3. The summed E-state index contributed by atoms with van der Waals surface area (Å²) < 4.78 is 5.06. The summed E-state index contributed by atoms with van der Waals surface area (Å²) in [4.78, 5) is 21.3. The van der Waals surface area contributed by atoms with Crippen molar-refractivity contribution in [3.8, 4) is 0 Å². The molecule has 0 unspecified atom stereocenters. The zero-order valence-corrected chi connectivity index (χ0v) is 16.3. The highest BCUT2D eigenvalue weighted by Crippen LogP contribution is 2.01. The van der Waals surface area contributed by atoms with Crippen LogP contribution in [0.4, 0.5) is 0 Å². The second-order valence-electron chi connectivity index (χ2n) is 7.01. The van der Waals surface area contributed by atoms with Gasteiger partial charge in [-0.15, -0.1) is 0 Å². The first-order valence-electron chi connectivity index (χ1n) is 9.45. The predicted octanol–water partition coefficient (Wildman–Crippen LogP) is 0.831. The van der Waals surface area contributed by atoms with Crippen molar-refractivity contribution < 1.29 is 9.53 Å². The molecule has 6 nitrogen and oxygen atoms in total. The van der Waals surface area contributed by atoms with Gasteiger partial charge in [0.15, 0.2) is 0 Å². The normalized spacial score (nSPS) is 22.2. The number of ether oxygens (including phenoxy) is 1. The molecule has 0 aliphatic carbocycles. The van der Waals surface area contributed by atoms with Gasteiger partial charge in [-0.2, -0.15) is 0 Å². The molecule has 0 radical (unpaired) electrons. The maximum Gasteiger partial charge on any atom is 0.307 e. The second kappa shape index (κ2) is 12.6. The van der Waals surface area contributed by atoms with E-state index < -0.39 is 0 Å². The Kier molecular flexibility index (Phi) is 11.2. The van der Waals surface area contributed by atoms with Gasteiger partial charge in [-0.25, -0.2) is 0 Å². The number of carbonyl (C=O) groups is 1. The van der Waals surface area contributed by atoms with Crippen LogP contribution in [0.25, 0.3) is 0 Å². The Morgan fingerprint density at radius 2 is 1.29 bits per heavy atom. The summed E-state index contributed by atoms with van der Waals surface area (Å²) in [6.07, 6.45) is 2.85. The average Bonchev–Trinajstić information content (AvgIpc) is 2.54. The summed E-state index contributed by atoms with van der Waals surface area (Å²) in [5, 5.41) is 0. The summed E-state index contributed by atoms with van der Waals surface area (Å²) in [6, 6.07) is 0. The fourth-order valence-corrected chi connectivity index (χ4v) is 2.98. The van der Waals surface area contributed by atoms with Crippen LogP contribution in [0.1, 0.15) is 26.2 Å². The van der Waals surface area contributed by atoms with Crippen molar-refractivity contribution in [2.75, 3.05) is 86.7 Å². The Bertz CT molecular complexity index is 341. The van der Waals surface area contributed by atoms with Crippen molar-refractivity contribution in [3.05, 3.63) is 0 Å². The Morgan fingerprint density at radius 3 is 1.83 bits per heavy atom. The highest BCUT2D eigenvalue weighted by Gasteiger charge is 2.12. The van der Waals surface area contributed by atoms with Gasteiger partial charge in [0.1, 0.15) is 0 Å². The molecular weight excluding hydrogens is 304 g/mol. The molecule has 0 aromatic rings. The fourth-order valence-electron chi connectivity index (χ4n) is 2.98. The van der Waals surface area contributed by atoms with E-state index in [1.807, 2.05) is 6.92 Å². The van der Waals surface area contributed by atoms with Crippen molar-refractivity contribution in [1.82, 2.24) is 19.6 Å². The smallest absolute Gasteiger partial charge is 0.307 e. The third-order valence-corrected chi connectivity index (χ3v) is 4.69. The zero-order chi connectivity index (χ0) is 17.8. The lowest BCUT2D eigenvalue weighted by Gasteiger charge is -2.28. The van der Waals surface area contributed by atoms with Crippen LogP contribution < -0.4 is 0 Å². The largest absolute Gasteiger partial charge is 0.466 e. The summed E-state index contributed by atoms with van der Waals surface area (Å²) in [6.45, 7) is 11.9. The quantitative estimate of drug-likeness (QED) is 0.705. The third kappa shape index (κ3) is 10.2. The molecule has 1 heterocycles. The van der Waals surface area contributed by atoms with Gasteiger partial charge in [-0.3, -0.25) is 4.79 Å². The van der Waals surface area contributed by atoms with Gasteiger partial charge in [0.25, 0.3) is 0 Å². The van der Waals surface area contributed by atoms with E-state index in [4.69, 9.17) is 4.74 Å². The summed E-state index contributed by atoms with van der Waals surface area (Å²) in [7, 11) is 6.62. The minimum Gasteiger partial charge on any atom is -0.466 e. The fraction of sp³-hybridized carbons (Fsp3) is 0.944. The predicted molar refractivity (Wildman–Crippen MR) is 99.4 cm³/mol. The number of hydrogen-bond acceptors (Lipinski definition) is 6. The van der Waals surface area contributed by atoms with Crippen LogP contribution in [-0.4, -0.2) is 112 Å². The molecule has 6 heteroatoms. The molecule has 0 N–H and O–H groups in total. The summed E-state index contributed by atoms with van der Waals surface area (Å²) in [5.41, 5.74) is 0. The molecule has 0 aromatic heterocycles. The van der Waals surface area contributed by atoms with Gasteiger partial charge in [0, 0.05) is 32.7 Å². The lowest BCUT2D eigenvalue weighted by atomic mass is 10.3. The molecule has 0 spiro atoms. The molecule has 1 saturated heterocycles. The van der Waals surface area contributed by atoms with E-state index in [0.717, 1.165) is 65.3 Å². The van der Waals surface area contributed by atoms with Crippen LogP contribution in [0.5, 0.6) is 0 Å². The molecule has 1 rings (SSSR count). The molecule has 0 bridgehead atoms. The molecular formula is C18H38N4O2. The van der Waals surface area contributed by atoms with Crippen LogP contribution in [-0.2, 0) is 9.53 Å². The van der Waals surface area contributed by atoms with Crippen molar-refractivity contribution in [2.45, 2.75) is 26.2 Å². The Morgan fingerprint density at radius 1 is 0.792 bits per heavy atom. The molecule has 1 fully saturated rings. The number of carbonyl (C=O) groups excluding carboxylic acids is 1. The molecule has 24 heavy (non-hydrogen) atoms. The van der Waals surface area contributed by atoms with Crippen LogP contribution in [0.2, 0.25) is 0 Å². The monoisotopic (exact) mass is 342 g/mol. The topological polar surface area (TPSA) is 39.3 Å². The van der Waals surface area contributed by atoms with E-state index in [1.165, 1.54) is 6.42 Å². The molecule has 1 aliphatic rings. The minimum atomic E-state index is -0.0783.